The summed E-state index contributed by atoms with van der Waals surface area (Å²) in [5, 5.41) is 9.63. The molecule has 0 saturated carbocycles. The number of nitrogens with one attached hydrogen (secondary N) is 3. The molecule has 3 rings (SSSR count). The smallest absolute Gasteiger partial charge is 0.329 e. The molecule has 0 bridgehead atoms. The molecule has 0 atom stereocenters. The monoisotopic (exact) mass is 566 g/mol. The van der Waals surface area contributed by atoms with Gasteiger partial charge in [-0.15, -0.1) is 0 Å². The van der Waals surface area contributed by atoms with Crippen molar-refractivity contribution in [2.24, 2.45) is 5.10 Å². The van der Waals surface area contributed by atoms with E-state index in [-0.39, 0.29) is 12.5 Å². The van der Waals surface area contributed by atoms with E-state index in [1.54, 1.807) is 67.6 Å². The van der Waals surface area contributed by atoms with Crippen LogP contribution in [0.4, 0.5) is 11.4 Å². The molecule has 11 heteroatoms. The average molecular weight is 567 g/mol. The van der Waals surface area contributed by atoms with E-state index in [1.165, 1.54) is 13.3 Å². The minimum absolute atomic E-state index is 0.254. The Kier molecular flexibility index (Phi) is 11.3. The molecular formula is C29H31ClN4O6. The number of hydrazone groups is 1. The number of amides is 3. The third kappa shape index (κ3) is 9.02. The van der Waals surface area contributed by atoms with Crippen molar-refractivity contribution in [2.45, 2.75) is 26.7 Å². The summed E-state index contributed by atoms with van der Waals surface area (Å²) in [6.45, 7) is 4.25. The summed E-state index contributed by atoms with van der Waals surface area (Å²) in [6.07, 6.45) is 3.33. The molecule has 0 heterocycles. The van der Waals surface area contributed by atoms with Gasteiger partial charge in [-0.25, -0.2) is 5.43 Å². The number of nitrogens with zero attached hydrogens (tertiary/aromatic N) is 1. The van der Waals surface area contributed by atoms with Crippen molar-refractivity contribution in [1.82, 2.24) is 5.43 Å². The van der Waals surface area contributed by atoms with Gasteiger partial charge in [0.1, 0.15) is 5.75 Å². The number of carbonyl (C=O) groups excluding carboxylic acids is 3. The SMILES string of the molecule is CCCCOc1ccc(NC(=O)C(=O)N/N=C\c2ccc(OCC(=O)Nc3cccc(Cl)c3C)c(OC)c2)cc1. The van der Waals surface area contributed by atoms with Crippen molar-refractivity contribution in [3.8, 4) is 17.2 Å². The molecule has 3 amide bonds. The minimum Gasteiger partial charge on any atom is -0.494 e. The third-order valence-electron chi connectivity index (χ3n) is 5.55. The van der Waals surface area contributed by atoms with Gasteiger partial charge in [0.2, 0.25) is 0 Å². The Labute approximate surface area is 237 Å². The normalized spacial score (nSPS) is 10.6. The van der Waals surface area contributed by atoms with E-state index >= 15 is 0 Å². The van der Waals surface area contributed by atoms with Gasteiger partial charge < -0.3 is 24.8 Å². The lowest BCUT2D eigenvalue weighted by Gasteiger charge is -2.12. The molecule has 10 nitrogen and oxygen atoms in total. The Bertz CT molecular complexity index is 1360. The van der Waals surface area contributed by atoms with Crippen LogP contribution in [0, 0.1) is 6.92 Å². The molecule has 3 aromatic rings. The van der Waals surface area contributed by atoms with Crippen molar-refractivity contribution >= 4 is 46.9 Å². The predicted molar refractivity (Wildman–Crippen MR) is 155 cm³/mol. The highest BCUT2D eigenvalue weighted by molar-refractivity contribution is 6.39. The maximum absolute atomic E-state index is 12.3. The van der Waals surface area contributed by atoms with Gasteiger partial charge in [0, 0.05) is 16.4 Å². The number of anilines is 2. The quantitative estimate of drug-likeness (QED) is 0.123. The van der Waals surface area contributed by atoms with Crippen molar-refractivity contribution in [1.29, 1.82) is 0 Å². The van der Waals surface area contributed by atoms with E-state index < -0.39 is 11.8 Å². The van der Waals surface area contributed by atoms with Crippen LogP contribution in [-0.2, 0) is 14.4 Å². The van der Waals surface area contributed by atoms with Crippen LogP contribution in [0.3, 0.4) is 0 Å². The molecule has 0 fully saturated rings. The number of benzene rings is 3. The highest BCUT2D eigenvalue weighted by Gasteiger charge is 2.14. The van der Waals surface area contributed by atoms with Crippen molar-refractivity contribution in [3.63, 3.8) is 0 Å². The fraction of sp³-hybridized carbons (Fsp3) is 0.241. The number of hydrogen-bond donors (Lipinski definition) is 3. The zero-order valence-corrected chi connectivity index (χ0v) is 23.2. The Morgan fingerprint density at radius 1 is 0.950 bits per heavy atom. The van der Waals surface area contributed by atoms with Gasteiger partial charge in [-0.05, 0) is 79.1 Å². The van der Waals surface area contributed by atoms with Gasteiger partial charge in [0.15, 0.2) is 18.1 Å². The summed E-state index contributed by atoms with van der Waals surface area (Å²) in [6, 6.07) is 16.8. The van der Waals surface area contributed by atoms with Gasteiger partial charge >= 0.3 is 11.8 Å². The Hall–Kier alpha value is -4.57. The summed E-state index contributed by atoms with van der Waals surface area (Å²) >= 11 is 6.09. The zero-order chi connectivity index (χ0) is 28.9. The molecule has 0 aliphatic rings. The molecule has 0 aliphatic carbocycles. The highest BCUT2D eigenvalue weighted by atomic mass is 35.5. The van der Waals surface area contributed by atoms with E-state index in [4.69, 9.17) is 25.8 Å². The number of rotatable bonds is 12. The molecule has 0 unspecified atom stereocenters. The van der Waals surface area contributed by atoms with Crippen molar-refractivity contribution in [3.05, 3.63) is 76.8 Å². The molecule has 40 heavy (non-hydrogen) atoms. The van der Waals surface area contributed by atoms with Gasteiger partial charge in [0.25, 0.3) is 5.91 Å². The first kappa shape index (κ1) is 30.0. The van der Waals surface area contributed by atoms with Gasteiger partial charge in [-0.2, -0.15) is 5.10 Å². The Morgan fingerprint density at radius 2 is 1.73 bits per heavy atom. The third-order valence-corrected chi connectivity index (χ3v) is 5.96. The molecule has 0 radical (unpaired) electrons. The topological polar surface area (TPSA) is 127 Å². The fourth-order valence-electron chi connectivity index (χ4n) is 3.33. The summed E-state index contributed by atoms with van der Waals surface area (Å²) in [7, 11) is 1.45. The van der Waals surface area contributed by atoms with Crippen LogP contribution in [0.1, 0.15) is 30.9 Å². The zero-order valence-electron chi connectivity index (χ0n) is 22.5. The first-order chi connectivity index (χ1) is 19.3. The second-order valence-electron chi connectivity index (χ2n) is 8.54. The van der Waals surface area contributed by atoms with Gasteiger partial charge in [-0.1, -0.05) is 31.0 Å². The predicted octanol–water partition coefficient (Wildman–Crippen LogP) is 4.94. The Balaban J connectivity index is 1.49. The summed E-state index contributed by atoms with van der Waals surface area (Å²) in [5.74, 6) is -0.806. The number of hydrogen-bond acceptors (Lipinski definition) is 7. The molecule has 0 aromatic heterocycles. The van der Waals surface area contributed by atoms with E-state index in [9.17, 15) is 14.4 Å². The van der Waals surface area contributed by atoms with Gasteiger partial charge in [0.05, 0.1) is 19.9 Å². The lowest BCUT2D eigenvalue weighted by atomic mass is 10.2. The number of ether oxygens (including phenoxy) is 3. The maximum Gasteiger partial charge on any atom is 0.329 e. The Morgan fingerprint density at radius 3 is 2.45 bits per heavy atom. The van der Waals surface area contributed by atoms with Crippen LogP contribution < -0.4 is 30.3 Å². The summed E-state index contributed by atoms with van der Waals surface area (Å²) < 4.78 is 16.5. The highest BCUT2D eigenvalue weighted by Crippen LogP contribution is 2.28. The first-order valence-corrected chi connectivity index (χ1v) is 12.9. The first-order valence-electron chi connectivity index (χ1n) is 12.5. The van der Waals surface area contributed by atoms with Crippen LogP contribution in [0.15, 0.2) is 65.8 Å². The van der Waals surface area contributed by atoms with E-state index in [0.29, 0.717) is 45.8 Å². The van der Waals surface area contributed by atoms with Crippen molar-refractivity contribution < 1.29 is 28.6 Å². The van der Waals surface area contributed by atoms with Crippen LogP contribution in [0.2, 0.25) is 5.02 Å². The molecule has 0 saturated heterocycles. The van der Waals surface area contributed by atoms with Crippen LogP contribution in [0.25, 0.3) is 0 Å². The lowest BCUT2D eigenvalue weighted by Crippen LogP contribution is -2.32. The maximum atomic E-state index is 12.3. The second kappa shape index (κ2) is 15.1. The molecular weight excluding hydrogens is 536 g/mol. The molecule has 0 spiro atoms. The number of unbranched alkanes of at least 4 members (excludes halogenated alkanes) is 1. The average Bonchev–Trinajstić information content (AvgIpc) is 2.95. The van der Waals surface area contributed by atoms with Crippen LogP contribution >= 0.6 is 11.6 Å². The second-order valence-corrected chi connectivity index (χ2v) is 8.95. The minimum atomic E-state index is -0.938. The van der Waals surface area contributed by atoms with Gasteiger partial charge in [-0.3, -0.25) is 14.4 Å². The van der Waals surface area contributed by atoms with E-state index in [2.05, 4.69) is 28.1 Å². The van der Waals surface area contributed by atoms with E-state index in [0.717, 1.165) is 18.4 Å². The number of carbonyl (C=O) groups is 3. The lowest BCUT2D eigenvalue weighted by molar-refractivity contribution is -0.136. The summed E-state index contributed by atoms with van der Waals surface area (Å²) in [5.41, 5.74) is 4.54. The number of halogens is 1. The van der Waals surface area contributed by atoms with Crippen LogP contribution in [-0.4, -0.2) is 44.3 Å². The van der Waals surface area contributed by atoms with Crippen LogP contribution in [0.5, 0.6) is 17.2 Å². The standard InChI is InChI=1S/C29H31ClN4O6/c1-4-5-15-39-22-12-10-21(11-13-22)32-28(36)29(37)34-31-17-20-9-14-25(26(16-20)38-3)40-18-27(35)33-24-8-6-7-23(30)19(24)2/h6-14,16-17H,4-5,15,18H2,1-3H3,(H,32,36)(H,33,35)(H,34,37)/b31-17-. The molecule has 3 aromatic carbocycles. The molecule has 3 N–H and O–H groups in total. The molecule has 0 aliphatic heterocycles. The van der Waals surface area contributed by atoms with E-state index in [1.807, 2.05) is 0 Å². The largest absolute Gasteiger partial charge is 0.494 e. The van der Waals surface area contributed by atoms with Crippen molar-refractivity contribution in [2.75, 3.05) is 31.0 Å². The molecule has 210 valence electrons. The fourth-order valence-corrected chi connectivity index (χ4v) is 3.50. The summed E-state index contributed by atoms with van der Waals surface area (Å²) in [4.78, 5) is 36.6. The number of methoxy groups -OCH3 is 1.